The highest BCUT2D eigenvalue weighted by atomic mass is 35.5. The maximum atomic E-state index is 13.3. The standard InChI is InChI=1S/C10H3ClF3NO/c11-10-4(3-16)1-5-8(14)6(12)2-7(13)9(5)15-10/h1-3H. The molecule has 0 spiro atoms. The summed E-state index contributed by atoms with van der Waals surface area (Å²) in [4.78, 5) is 14.0. The molecule has 82 valence electrons. The second-order valence-corrected chi connectivity index (χ2v) is 3.39. The number of pyridine rings is 1. The number of rotatable bonds is 1. The van der Waals surface area contributed by atoms with Crippen LogP contribution in [0.5, 0.6) is 0 Å². The third kappa shape index (κ3) is 1.53. The van der Waals surface area contributed by atoms with Gasteiger partial charge in [-0.05, 0) is 6.07 Å². The van der Waals surface area contributed by atoms with Crippen LogP contribution in [0.2, 0.25) is 5.15 Å². The zero-order valence-corrected chi connectivity index (χ0v) is 8.36. The Balaban J connectivity index is 2.96. The molecule has 0 N–H and O–H groups in total. The fourth-order valence-corrected chi connectivity index (χ4v) is 1.49. The van der Waals surface area contributed by atoms with E-state index in [0.717, 1.165) is 6.07 Å². The lowest BCUT2D eigenvalue weighted by atomic mass is 10.1. The van der Waals surface area contributed by atoms with Crippen molar-refractivity contribution in [2.75, 3.05) is 0 Å². The van der Waals surface area contributed by atoms with Crippen LogP contribution in [-0.2, 0) is 0 Å². The number of aldehydes is 1. The van der Waals surface area contributed by atoms with Crippen LogP contribution in [0.4, 0.5) is 13.2 Å². The van der Waals surface area contributed by atoms with Gasteiger partial charge >= 0.3 is 0 Å². The molecular weight excluding hydrogens is 243 g/mol. The molecule has 0 bridgehead atoms. The van der Waals surface area contributed by atoms with Gasteiger partial charge in [0.1, 0.15) is 10.7 Å². The van der Waals surface area contributed by atoms with E-state index in [2.05, 4.69) is 4.98 Å². The molecule has 16 heavy (non-hydrogen) atoms. The zero-order valence-electron chi connectivity index (χ0n) is 7.60. The van der Waals surface area contributed by atoms with Gasteiger partial charge in [-0.15, -0.1) is 0 Å². The second-order valence-electron chi connectivity index (χ2n) is 3.04. The minimum atomic E-state index is -1.34. The summed E-state index contributed by atoms with van der Waals surface area (Å²) in [7, 11) is 0. The summed E-state index contributed by atoms with van der Waals surface area (Å²) in [6, 6.07) is 1.33. The van der Waals surface area contributed by atoms with E-state index >= 15 is 0 Å². The van der Waals surface area contributed by atoms with Crippen molar-refractivity contribution in [2.45, 2.75) is 0 Å². The maximum Gasteiger partial charge on any atom is 0.168 e. The Labute approximate surface area is 92.7 Å². The quantitative estimate of drug-likeness (QED) is 0.439. The van der Waals surface area contributed by atoms with Crippen LogP contribution in [-0.4, -0.2) is 11.3 Å². The molecule has 6 heteroatoms. The number of fused-ring (bicyclic) bond motifs is 1. The van der Waals surface area contributed by atoms with Gasteiger partial charge in [0.2, 0.25) is 0 Å². The Kier molecular flexibility index (Phi) is 2.55. The molecule has 1 aromatic carbocycles. The number of aromatic nitrogens is 1. The van der Waals surface area contributed by atoms with E-state index in [9.17, 15) is 18.0 Å². The van der Waals surface area contributed by atoms with E-state index in [4.69, 9.17) is 11.6 Å². The molecule has 2 nitrogen and oxygen atoms in total. The first-order chi connectivity index (χ1) is 7.54. The summed E-state index contributed by atoms with van der Waals surface area (Å²) in [5.74, 6) is -3.64. The number of halogens is 4. The summed E-state index contributed by atoms with van der Waals surface area (Å²) in [6.07, 6.45) is 0.330. The molecule has 2 aromatic rings. The summed E-state index contributed by atoms with van der Waals surface area (Å²) >= 11 is 5.54. The van der Waals surface area contributed by atoms with Crippen molar-refractivity contribution in [1.29, 1.82) is 0 Å². The van der Waals surface area contributed by atoms with Gasteiger partial charge in [-0.25, -0.2) is 18.2 Å². The lowest BCUT2D eigenvalue weighted by molar-refractivity contribution is 0.112. The summed E-state index contributed by atoms with van der Waals surface area (Å²) < 4.78 is 39.4. The Hall–Kier alpha value is -1.62. The van der Waals surface area contributed by atoms with Gasteiger partial charge in [0, 0.05) is 11.5 Å². The molecule has 0 radical (unpaired) electrons. The van der Waals surface area contributed by atoms with E-state index in [1.165, 1.54) is 0 Å². The lowest BCUT2D eigenvalue weighted by Gasteiger charge is -2.03. The normalized spacial score (nSPS) is 10.8. The lowest BCUT2D eigenvalue weighted by Crippen LogP contribution is -1.96. The molecule has 2 rings (SSSR count). The molecule has 0 saturated heterocycles. The maximum absolute atomic E-state index is 13.3. The Morgan fingerprint density at radius 1 is 1.19 bits per heavy atom. The van der Waals surface area contributed by atoms with Gasteiger partial charge in [0.25, 0.3) is 0 Å². The average Bonchev–Trinajstić information content (AvgIpc) is 2.25. The minimum absolute atomic E-state index is 0.127. The fourth-order valence-electron chi connectivity index (χ4n) is 1.31. The smallest absolute Gasteiger partial charge is 0.168 e. The van der Waals surface area contributed by atoms with Gasteiger partial charge in [-0.2, -0.15) is 0 Å². The van der Waals surface area contributed by atoms with Crippen LogP contribution in [0.1, 0.15) is 10.4 Å². The predicted octanol–water partition coefficient (Wildman–Crippen LogP) is 3.12. The Morgan fingerprint density at radius 3 is 2.50 bits per heavy atom. The topological polar surface area (TPSA) is 30.0 Å². The molecule has 0 aliphatic rings. The Bertz CT molecular complexity index is 600. The highest BCUT2D eigenvalue weighted by molar-refractivity contribution is 6.32. The van der Waals surface area contributed by atoms with Gasteiger partial charge in [0.15, 0.2) is 23.7 Å². The van der Waals surface area contributed by atoms with E-state index in [1.54, 1.807) is 0 Å². The first kappa shape index (κ1) is 10.9. The molecule has 1 aromatic heterocycles. The van der Waals surface area contributed by atoms with Gasteiger partial charge in [0.05, 0.1) is 5.56 Å². The highest BCUT2D eigenvalue weighted by Gasteiger charge is 2.15. The number of carbonyl (C=O) groups is 1. The van der Waals surface area contributed by atoms with Crippen molar-refractivity contribution in [2.24, 2.45) is 0 Å². The van der Waals surface area contributed by atoms with Crippen molar-refractivity contribution in [3.63, 3.8) is 0 Å². The number of hydrogen-bond acceptors (Lipinski definition) is 2. The fraction of sp³-hybridized carbons (Fsp3) is 0. The van der Waals surface area contributed by atoms with Crippen LogP contribution in [0, 0.1) is 17.5 Å². The van der Waals surface area contributed by atoms with Crippen molar-refractivity contribution in [3.05, 3.63) is 40.3 Å². The average molecular weight is 246 g/mol. The van der Waals surface area contributed by atoms with Crippen LogP contribution in [0.15, 0.2) is 12.1 Å². The molecule has 0 aliphatic heterocycles. The van der Waals surface area contributed by atoms with Crippen molar-refractivity contribution >= 4 is 28.8 Å². The van der Waals surface area contributed by atoms with Crippen LogP contribution < -0.4 is 0 Å². The third-order valence-corrected chi connectivity index (χ3v) is 2.36. The monoisotopic (exact) mass is 245 g/mol. The molecule has 0 aliphatic carbocycles. The molecular formula is C10H3ClF3NO. The second kappa shape index (κ2) is 3.75. The first-order valence-corrected chi connectivity index (χ1v) is 4.51. The molecule has 1 heterocycles. The van der Waals surface area contributed by atoms with E-state index in [0.29, 0.717) is 12.4 Å². The zero-order chi connectivity index (χ0) is 11.9. The molecule has 0 atom stereocenters. The predicted molar refractivity (Wildman–Crippen MR) is 52.0 cm³/mol. The van der Waals surface area contributed by atoms with Crippen molar-refractivity contribution in [1.82, 2.24) is 4.98 Å². The molecule has 0 unspecified atom stereocenters. The van der Waals surface area contributed by atoms with Crippen LogP contribution in [0.3, 0.4) is 0 Å². The Morgan fingerprint density at radius 2 is 1.88 bits per heavy atom. The van der Waals surface area contributed by atoms with Crippen LogP contribution >= 0.6 is 11.6 Å². The number of carbonyl (C=O) groups excluding carboxylic acids is 1. The summed E-state index contributed by atoms with van der Waals surface area (Å²) in [5.41, 5.74) is -0.535. The highest BCUT2D eigenvalue weighted by Crippen LogP contribution is 2.25. The van der Waals surface area contributed by atoms with Gasteiger partial charge in [-0.3, -0.25) is 4.79 Å². The summed E-state index contributed by atoms with van der Waals surface area (Å²) in [5, 5.41) is -0.670. The SMILES string of the molecule is O=Cc1cc2c(F)c(F)cc(F)c2nc1Cl. The first-order valence-electron chi connectivity index (χ1n) is 4.13. The van der Waals surface area contributed by atoms with Gasteiger partial charge in [-0.1, -0.05) is 11.6 Å². The van der Waals surface area contributed by atoms with Gasteiger partial charge < -0.3 is 0 Å². The largest absolute Gasteiger partial charge is 0.298 e. The molecule has 0 saturated carbocycles. The van der Waals surface area contributed by atoms with Crippen LogP contribution in [0.25, 0.3) is 10.9 Å². The molecule has 0 fully saturated rings. The van der Waals surface area contributed by atoms with Crippen molar-refractivity contribution in [3.8, 4) is 0 Å². The number of hydrogen-bond donors (Lipinski definition) is 0. The molecule has 0 amide bonds. The number of benzene rings is 1. The van der Waals surface area contributed by atoms with Crippen molar-refractivity contribution < 1.29 is 18.0 Å². The number of nitrogens with zero attached hydrogens (tertiary/aromatic N) is 1. The van der Waals surface area contributed by atoms with E-state index in [-0.39, 0.29) is 10.7 Å². The van der Waals surface area contributed by atoms with E-state index < -0.39 is 28.4 Å². The summed E-state index contributed by atoms with van der Waals surface area (Å²) in [6.45, 7) is 0. The minimum Gasteiger partial charge on any atom is -0.298 e. The van der Waals surface area contributed by atoms with E-state index in [1.807, 2.05) is 0 Å². The third-order valence-electron chi connectivity index (χ3n) is 2.06.